The van der Waals surface area contributed by atoms with Gasteiger partial charge in [0.1, 0.15) is 12.4 Å². The molecule has 0 N–H and O–H groups in total. The molecule has 6 heteroatoms. The largest absolute Gasteiger partial charge is 0.416 e. The molecule has 0 atom stereocenters. The first-order valence-corrected chi connectivity index (χ1v) is 4.68. The Kier molecular flexibility index (Phi) is 2.21. The van der Waals surface area contributed by atoms with Gasteiger partial charge >= 0.3 is 6.03 Å². The molecule has 1 aliphatic heterocycles. The van der Waals surface area contributed by atoms with E-state index in [-0.39, 0.29) is 13.0 Å². The number of carbonyl (C=O) groups excluding carboxylic acids is 1. The van der Waals surface area contributed by atoms with Crippen LogP contribution in [-0.4, -0.2) is 34.5 Å². The Morgan fingerprint density at radius 3 is 2.73 bits per heavy atom. The van der Waals surface area contributed by atoms with Gasteiger partial charge in [0.05, 0.1) is 13.6 Å². The number of alkyl halides is 2. The molecule has 82 valence electrons. The van der Waals surface area contributed by atoms with Gasteiger partial charge in [0.25, 0.3) is 12.2 Å². The Morgan fingerprint density at radius 1 is 1.53 bits per heavy atom. The van der Waals surface area contributed by atoms with E-state index < -0.39 is 18.5 Å². The minimum Gasteiger partial charge on any atom is -0.298 e. The smallest absolute Gasteiger partial charge is 0.298 e. The van der Waals surface area contributed by atoms with E-state index in [9.17, 15) is 13.6 Å². The van der Waals surface area contributed by atoms with Crippen LogP contribution in [0, 0.1) is 0 Å². The van der Waals surface area contributed by atoms with Gasteiger partial charge in [0.15, 0.2) is 0 Å². The van der Waals surface area contributed by atoms with Crippen LogP contribution in [0.1, 0.15) is 6.42 Å². The van der Waals surface area contributed by atoms with Crippen molar-refractivity contribution in [3.8, 4) is 0 Å². The molecule has 1 amide bonds. The minimum atomic E-state index is -2.73. The number of aromatic nitrogens is 2. The van der Waals surface area contributed by atoms with Gasteiger partial charge in [-0.05, 0) is 0 Å². The topological polar surface area (TPSA) is 29.1 Å². The van der Waals surface area contributed by atoms with Gasteiger partial charge in [-0.1, -0.05) is 0 Å². The number of carbonyl (C=O) groups is 1. The van der Waals surface area contributed by atoms with E-state index in [4.69, 9.17) is 0 Å². The van der Waals surface area contributed by atoms with Crippen LogP contribution < -0.4 is 4.57 Å². The van der Waals surface area contributed by atoms with Gasteiger partial charge in [-0.3, -0.25) is 4.90 Å². The first kappa shape index (κ1) is 10.1. The number of nitrogens with zero attached hydrogens (tertiary/aromatic N) is 3. The molecule has 1 saturated heterocycles. The number of aryl methyl sites for hydroxylation is 1. The van der Waals surface area contributed by atoms with Gasteiger partial charge in [-0.2, -0.15) is 4.57 Å². The third-order valence-corrected chi connectivity index (χ3v) is 2.43. The second kappa shape index (κ2) is 3.29. The van der Waals surface area contributed by atoms with E-state index in [0.29, 0.717) is 0 Å². The van der Waals surface area contributed by atoms with Crippen molar-refractivity contribution in [2.75, 3.05) is 13.1 Å². The van der Waals surface area contributed by atoms with Gasteiger partial charge in [-0.25, -0.2) is 18.1 Å². The third kappa shape index (κ3) is 1.98. The molecular formula is C9H12F2N3O+. The highest BCUT2D eigenvalue weighted by Crippen LogP contribution is 2.26. The summed E-state index contributed by atoms with van der Waals surface area (Å²) in [5, 5.41) is 0. The van der Waals surface area contributed by atoms with E-state index in [1.54, 1.807) is 30.3 Å². The average molecular weight is 216 g/mol. The molecular weight excluding hydrogens is 204 g/mol. The molecule has 1 aromatic rings. The summed E-state index contributed by atoms with van der Waals surface area (Å²) in [5.74, 6) is -2.73. The molecule has 0 saturated carbocycles. The lowest BCUT2D eigenvalue weighted by Gasteiger charge is -2.12. The van der Waals surface area contributed by atoms with Gasteiger partial charge in [0, 0.05) is 13.0 Å². The van der Waals surface area contributed by atoms with Gasteiger partial charge in [0.2, 0.25) is 0 Å². The molecule has 4 nitrogen and oxygen atoms in total. The standard InChI is InChI=1S/C9H12F2N3O/c1-12-4-5-14(7-12)8(15)13-3-2-9(10,11)6-13/h4-5,7H,2-3,6H2,1H3/q+1. The molecule has 1 fully saturated rings. The van der Waals surface area contributed by atoms with Crippen LogP contribution >= 0.6 is 0 Å². The van der Waals surface area contributed by atoms with Crippen molar-refractivity contribution in [2.45, 2.75) is 12.3 Å². The zero-order valence-corrected chi connectivity index (χ0v) is 8.36. The Balaban J connectivity index is 2.10. The lowest BCUT2D eigenvalue weighted by molar-refractivity contribution is -0.670. The fourth-order valence-corrected chi connectivity index (χ4v) is 1.63. The van der Waals surface area contributed by atoms with Gasteiger partial charge in [-0.15, -0.1) is 0 Å². The van der Waals surface area contributed by atoms with Crippen LogP contribution in [0.15, 0.2) is 18.7 Å². The molecule has 0 radical (unpaired) electrons. The van der Waals surface area contributed by atoms with E-state index in [1.165, 1.54) is 9.47 Å². The number of hydrogen-bond acceptors (Lipinski definition) is 1. The van der Waals surface area contributed by atoms with Crippen LogP contribution in [0.5, 0.6) is 0 Å². The van der Waals surface area contributed by atoms with E-state index in [0.717, 1.165) is 0 Å². The zero-order chi connectivity index (χ0) is 11.1. The van der Waals surface area contributed by atoms with Crippen molar-refractivity contribution in [3.63, 3.8) is 0 Å². The summed E-state index contributed by atoms with van der Waals surface area (Å²) in [6, 6.07) is -0.396. The first-order chi connectivity index (χ1) is 6.98. The Hall–Kier alpha value is -1.46. The summed E-state index contributed by atoms with van der Waals surface area (Å²) < 4.78 is 28.7. The Morgan fingerprint density at radius 2 is 2.27 bits per heavy atom. The fraction of sp³-hybridized carbons (Fsp3) is 0.556. The molecule has 0 aromatic carbocycles. The van der Waals surface area contributed by atoms with Crippen LogP contribution in [0.2, 0.25) is 0 Å². The minimum absolute atomic E-state index is 0.119. The van der Waals surface area contributed by atoms with Crippen LogP contribution in [0.25, 0.3) is 0 Å². The molecule has 0 unspecified atom stereocenters. The fourth-order valence-electron chi connectivity index (χ4n) is 1.63. The SMILES string of the molecule is C[n+]1ccn(C(=O)N2CCC(F)(F)C2)c1. The summed E-state index contributed by atoms with van der Waals surface area (Å²) >= 11 is 0. The predicted molar refractivity (Wildman–Crippen MR) is 47.5 cm³/mol. The second-order valence-corrected chi connectivity index (χ2v) is 3.80. The maximum absolute atomic E-state index is 12.9. The maximum atomic E-state index is 12.9. The highest BCUT2D eigenvalue weighted by molar-refractivity contribution is 5.76. The van der Waals surface area contributed by atoms with Gasteiger partial charge < -0.3 is 0 Å². The van der Waals surface area contributed by atoms with Crippen LogP contribution in [0.4, 0.5) is 13.6 Å². The molecule has 1 aromatic heterocycles. The number of likely N-dealkylation sites (tertiary alicyclic amines) is 1. The summed E-state index contributed by atoms with van der Waals surface area (Å²) in [5.41, 5.74) is 0. The molecule has 0 spiro atoms. The number of hydrogen-bond donors (Lipinski definition) is 0. The predicted octanol–water partition coefficient (Wildman–Crippen LogP) is 0.622. The maximum Gasteiger partial charge on any atom is 0.416 e. The van der Waals surface area contributed by atoms with Crippen molar-refractivity contribution in [3.05, 3.63) is 18.7 Å². The third-order valence-electron chi connectivity index (χ3n) is 2.43. The molecule has 2 heterocycles. The summed E-state index contributed by atoms with van der Waals surface area (Å²) in [4.78, 5) is 12.9. The zero-order valence-electron chi connectivity index (χ0n) is 8.36. The number of halogens is 2. The molecule has 0 aliphatic carbocycles. The van der Waals surface area contributed by atoms with Crippen molar-refractivity contribution >= 4 is 6.03 Å². The van der Waals surface area contributed by atoms with E-state index in [2.05, 4.69) is 0 Å². The van der Waals surface area contributed by atoms with Crippen molar-refractivity contribution in [2.24, 2.45) is 7.05 Å². The molecule has 1 aliphatic rings. The summed E-state index contributed by atoms with van der Waals surface area (Å²) in [6.07, 6.45) is 4.55. The lowest BCUT2D eigenvalue weighted by atomic mass is 10.3. The number of amides is 1. The monoisotopic (exact) mass is 216 g/mol. The van der Waals surface area contributed by atoms with E-state index >= 15 is 0 Å². The highest BCUT2D eigenvalue weighted by Gasteiger charge is 2.41. The van der Waals surface area contributed by atoms with Crippen molar-refractivity contribution in [1.29, 1.82) is 0 Å². The Labute approximate surface area is 85.7 Å². The lowest BCUT2D eigenvalue weighted by Crippen LogP contribution is -2.35. The summed E-state index contributed by atoms with van der Waals surface area (Å²) in [6.45, 7) is -0.360. The Bertz CT molecular complexity index is 388. The van der Waals surface area contributed by atoms with E-state index in [1.807, 2.05) is 0 Å². The second-order valence-electron chi connectivity index (χ2n) is 3.80. The van der Waals surface area contributed by atoms with Crippen LogP contribution in [0.3, 0.4) is 0 Å². The number of imidazole rings is 1. The molecule has 15 heavy (non-hydrogen) atoms. The molecule has 0 bridgehead atoms. The van der Waals surface area contributed by atoms with Crippen molar-refractivity contribution < 1.29 is 18.1 Å². The molecule has 2 rings (SSSR count). The quantitative estimate of drug-likeness (QED) is 0.584. The normalized spacial score (nSPS) is 19.5. The average Bonchev–Trinajstić information content (AvgIpc) is 2.71. The highest BCUT2D eigenvalue weighted by atomic mass is 19.3. The van der Waals surface area contributed by atoms with Crippen LogP contribution in [-0.2, 0) is 7.05 Å². The number of rotatable bonds is 0. The first-order valence-electron chi connectivity index (χ1n) is 4.68. The summed E-state index contributed by atoms with van der Waals surface area (Å²) in [7, 11) is 1.77. The van der Waals surface area contributed by atoms with Crippen molar-refractivity contribution in [1.82, 2.24) is 9.47 Å².